The molecule has 3 N–H and O–H groups in total. The van der Waals surface area contributed by atoms with Crippen molar-refractivity contribution in [2.75, 3.05) is 25.1 Å². The Kier molecular flexibility index (Phi) is 6.44. The number of carboxylic acid groups (broad SMARTS) is 1. The average molecular weight is 290 g/mol. The number of carboxylic acids is 1. The summed E-state index contributed by atoms with van der Waals surface area (Å²) in [5.74, 6) is -0.298. The number of aliphatic hydroxyl groups is 1. The number of carbonyl (C=O) groups excluding carboxylic acids is 1. The number of nitrogens with zero attached hydrogens (tertiary/aromatic N) is 1. The molecule has 0 aliphatic carbocycles. The van der Waals surface area contributed by atoms with Gasteiger partial charge in [0.15, 0.2) is 0 Å². The minimum atomic E-state index is -1.01. The van der Waals surface area contributed by atoms with Crippen LogP contribution in [0.3, 0.4) is 0 Å². The van der Waals surface area contributed by atoms with Crippen molar-refractivity contribution in [3.05, 3.63) is 0 Å². The van der Waals surface area contributed by atoms with Crippen LogP contribution in [-0.4, -0.2) is 64.4 Å². The van der Waals surface area contributed by atoms with Gasteiger partial charge in [-0.1, -0.05) is 6.92 Å². The number of nitrogens with one attached hydrogen (secondary N) is 1. The topological polar surface area (TPSA) is 89.9 Å². The van der Waals surface area contributed by atoms with Crippen molar-refractivity contribution < 1.29 is 19.8 Å². The number of likely N-dealkylation sites (tertiary alicyclic amines) is 1. The number of rotatable bonds is 5. The Morgan fingerprint density at radius 3 is 2.74 bits per heavy atom. The first-order chi connectivity index (χ1) is 8.95. The van der Waals surface area contributed by atoms with Crippen LogP contribution in [0.5, 0.6) is 0 Å². The highest BCUT2D eigenvalue weighted by atomic mass is 32.2. The van der Waals surface area contributed by atoms with E-state index in [0.717, 1.165) is 0 Å². The van der Waals surface area contributed by atoms with Crippen LogP contribution in [-0.2, 0) is 4.79 Å². The van der Waals surface area contributed by atoms with E-state index in [1.807, 2.05) is 13.2 Å². The van der Waals surface area contributed by atoms with E-state index in [1.165, 1.54) is 0 Å². The SMILES string of the molecule is CSCC[C@@H](NC(=O)N1CCC(O)C(C)C1)C(=O)O. The number of aliphatic hydroxyl groups excluding tert-OH is 1. The van der Waals surface area contributed by atoms with Crippen molar-refractivity contribution in [1.82, 2.24) is 10.2 Å². The molecule has 0 saturated carbocycles. The maximum atomic E-state index is 12.0. The molecule has 1 heterocycles. The molecule has 0 aromatic rings. The minimum absolute atomic E-state index is 0.0222. The predicted octanol–water partition coefficient (Wildman–Crippen LogP) is 0.605. The van der Waals surface area contributed by atoms with Gasteiger partial charge < -0.3 is 20.4 Å². The van der Waals surface area contributed by atoms with Crippen LogP contribution in [0, 0.1) is 5.92 Å². The lowest BCUT2D eigenvalue weighted by Gasteiger charge is -2.34. The van der Waals surface area contributed by atoms with Crippen LogP contribution in [0.1, 0.15) is 19.8 Å². The van der Waals surface area contributed by atoms with Crippen LogP contribution >= 0.6 is 11.8 Å². The summed E-state index contributed by atoms with van der Waals surface area (Å²) in [6.07, 6.45) is 2.47. The first-order valence-electron chi connectivity index (χ1n) is 6.41. The molecular formula is C12H22N2O4S. The number of hydrogen-bond acceptors (Lipinski definition) is 4. The predicted molar refractivity (Wildman–Crippen MR) is 74.3 cm³/mol. The van der Waals surface area contributed by atoms with E-state index in [2.05, 4.69) is 5.32 Å². The quantitative estimate of drug-likeness (QED) is 0.690. The smallest absolute Gasteiger partial charge is 0.326 e. The van der Waals surface area contributed by atoms with Crippen molar-refractivity contribution in [2.45, 2.75) is 31.9 Å². The lowest BCUT2D eigenvalue weighted by molar-refractivity contribution is -0.139. The highest BCUT2D eigenvalue weighted by Crippen LogP contribution is 2.16. The van der Waals surface area contributed by atoms with Crippen molar-refractivity contribution in [3.8, 4) is 0 Å². The van der Waals surface area contributed by atoms with Crippen LogP contribution in [0.15, 0.2) is 0 Å². The summed E-state index contributed by atoms with van der Waals surface area (Å²) >= 11 is 1.55. The van der Waals surface area contributed by atoms with Gasteiger partial charge in [0.2, 0.25) is 0 Å². The lowest BCUT2D eigenvalue weighted by atomic mass is 9.97. The van der Waals surface area contributed by atoms with E-state index in [4.69, 9.17) is 5.11 Å². The summed E-state index contributed by atoms with van der Waals surface area (Å²) in [4.78, 5) is 24.6. The van der Waals surface area contributed by atoms with Crippen LogP contribution < -0.4 is 5.32 Å². The number of piperidine rings is 1. The molecule has 1 saturated heterocycles. The van der Waals surface area contributed by atoms with Gasteiger partial charge >= 0.3 is 12.0 Å². The van der Waals surface area contributed by atoms with Crippen LogP contribution in [0.25, 0.3) is 0 Å². The zero-order valence-corrected chi connectivity index (χ0v) is 12.2. The molecule has 0 radical (unpaired) electrons. The summed E-state index contributed by atoms with van der Waals surface area (Å²) in [6.45, 7) is 2.81. The van der Waals surface area contributed by atoms with Crippen molar-refractivity contribution in [3.63, 3.8) is 0 Å². The van der Waals surface area contributed by atoms with Gasteiger partial charge in [0.1, 0.15) is 6.04 Å². The van der Waals surface area contributed by atoms with E-state index in [0.29, 0.717) is 31.7 Å². The van der Waals surface area contributed by atoms with E-state index < -0.39 is 12.0 Å². The molecule has 1 aliphatic heterocycles. The molecule has 2 unspecified atom stereocenters. The van der Waals surface area contributed by atoms with E-state index in [1.54, 1.807) is 16.7 Å². The van der Waals surface area contributed by atoms with E-state index in [-0.39, 0.29) is 18.1 Å². The molecule has 0 spiro atoms. The molecule has 0 aromatic heterocycles. The molecule has 110 valence electrons. The van der Waals surface area contributed by atoms with Gasteiger partial charge in [-0.15, -0.1) is 0 Å². The van der Waals surface area contributed by atoms with E-state index >= 15 is 0 Å². The Morgan fingerprint density at radius 2 is 2.21 bits per heavy atom. The highest BCUT2D eigenvalue weighted by Gasteiger charge is 2.29. The Balaban J connectivity index is 2.50. The number of thioether (sulfide) groups is 1. The van der Waals surface area contributed by atoms with Gasteiger partial charge in [0.05, 0.1) is 6.10 Å². The molecule has 6 nitrogen and oxygen atoms in total. The molecule has 1 rings (SSSR count). The van der Waals surface area contributed by atoms with Gasteiger partial charge in [-0.2, -0.15) is 11.8 Å². The third kappa shape index (κ3) is 4.91. The first kappa shape index (κ1) is 16.1. The fraction of sp³-hybridized carbons (Fsp3) is 0.833. The monoisotopic (exact) mass is 290 g/mol. The molecule has 2 amide bonds. The Morgan fingerprint density at radius 1 is 1.53 bits per heavy atom. The third-order valence-corrected chi connectivity index (χ3v) is 4.00. The number of urea groups is 1. The largest absolute Gasteiger partial charge is 0.480 e. The molecule has 19 heavy (non-hydrogen) atoms. The van der Waals surface area contributed by atoms with Crippen molar-refractivity contribution in [1.29, 1.82) is 0 Å². The second kappa shape index (κ2) is 7.59. The lowest BCUT2D eigenvalue weighted by Crippen LogP contribution is -2.52. The average Bonchev–Trinajstić information content (AvgIpc) is 2.37. The summed E-state index contributed by atoms with van der Waals surface area (Å²) in [7, 11) is 0. The molecule has 3 atom stereocenters. The summed E-state index contributed by atoms with van der Waals surface area (Å²) in [5.41, 5.74) is 0. The van der Waals surface area contributed by atoms with Gasteiger partial charge in [-0.05, 0) is 30.8 Å². The number of amides is 2. The van der Waals surface area contributed by atoms with Crippen LogP contribution in [0.4, 0.5) is 4.79 Å². The normalized spacial score (nSPS) is 24.9. The number of carbonyl (C=O) groups is 2. The maximum absolute atomic E-state index is 12.0. The summed E-state index contributed by atoms with van der Waals surface area (Å²) < 4.78 is 0. The minimum Gasteiger partial charge on any atom is -0.480 e. The van der Waals surface area contributed by atoms with Gasteiger partial charge in [-0.25, -0.2) is 9.59 Å². The Labute approximate surface area is 117 Å². The molecule has 1 fully saturated rings. The molecule has 7 heteroatoms. The van der Waals surface area contributed by atoms with Gasteiger partial charge in [-0.3, -0.25) is 0 Å². The molecule has 0 aromatic carbocycles. The third-order valence-electron chi connectivity index (χ3n) is 3.35. The van der Waals surface area contributed by atoms with Gasteiger partial charge in [0, 0.05) is 13.1 Å². The first-order valence-corrected chi connectivity index (χ1v) is 7.80. The Bertz CT molecular complexity index is 327. The number of hydrogen-bond donors (Lipinski definition) is 3. The summed E-state index contributed by atoms with van der Waals surface area (Å²) in [5, 5.41) is 21.2. The van der Waals surface area contributed by atoms with Crippen LogP contribution in [0.2, 0.25) is 0 Å². The summed E-state index contributed by atoms with van der Waals surface area (Å²) in [6, 6.07) is -1.20. The fourth-order valence-corrected chi connectivity index (χ4v) is 2.52. The second-order valence-electron chi connectivity index (χ2n) is 4.90. The standard InChI is InChI=1S/C12H22N2O4S/c1-8-7-14(5-3-10(8)15)12(18)13-9(11(16)17)4-6-19-2/h8-10,15H,3-7H2,1-2H3,(H,13,18)(H,16,17)/t8?,9-,10?/m1/s1. The zero-order chi connectivity index (χ0) is 14.4. The maximum Gasteiger partial charge on any atom is 0.326 e. The zero-order valence-electron chi connectivity index (χ0n) is 11.3. The molecular weight excluding hydrogens is 268 g/mol. The molecule has 0 bridgehead atoms. The molecule has 1 aliphatic rings. The number of aliphatic carboxylic acids is 1. The second-order valence-corrected chi connectivity index (χ2v) is 5.89. The fourth-order valence-electron chi connectivity index (χ4n) is 2.05. The Hall–Kier alpha value is -0.950. The van der Waals surface area contributed by atoms with Crippen molar-refractivity contribution >= 4 is 23.8 Å². The highest BCUT2D eigenvalue weighted by molar-refractivity contribution is 7.98. The van der Waals surface area contributed by atoms with E-state index in [9.17, 15) is 14.7 Å². The van der Waals surface area contributed by atoms with Crippen molar-refractivity contribution in [2.24, 2.45) is 5.92 Å². The van der Waals surface area contributed by atoms with Gasteiger partial charge in [0.25, 0.3) is 0 Å².